The molecule has 0 aliphatic carbocycles. The highest BCUT2D eigenvalue weighted by molar-refractivity contribution is 9.11. The zero-order valence-corrected chi connectivity index (χ0v) is 9.39. The van der Waals surface area contributed by atoms with Crippen LogP contribution in [-0.2, 0) is 9.53 Å². The second kappa shape index (κ2) is 4.69. The van der Waals surface area contributed by atoms with E-state index in [1.807, 2.05) is 0 Å². The fourth-order valence-corrected chi connectivity index (χ4v) is 1.82. The van der Waals surface area contributed by atoms with Gasteiger partial charge in [0.25, 0.3) is 0 Å². The number of thiazole rings is 1. The van der Waals surface area contributed by atoms with Crippen molar-refractivity contribution < 1.29 is 9.53 Å². The maximum absolute atomic E-state index is 11.2. The Bertz CT molecular complexity index is 302. The van der Waals surface area contributed by atoms with Crippen LogP contribution in [0, 0.1) is 0 Å². The van der Waals surface area contributed by atoms with Crippen LogP contribution < -0.4 is 5.73 Å². The normalized spacial score (nSPS) is 12.5. The Morgan fingerprint density at radius 1 is 1.92 bits per heavy atom. The predicted octanol–water partition coefficient (Wildman–Crippen LogP) is 1.47. The van der Waals surface area contributed by atoms with Gasteiger partial charge < -0.3 is 10.5 Å². The molecule has 0 bridgehead atoms. The molecule has 0 saturated carbocycles. The zero-order valence-electron chi connectivity index (χ0n) is 6.99. The van der Waals surface area contributed by atoms with Crippen LogP contribution in [0.4, 0.5) is 0 Å². The van der Waals surface area contributed by atoms with Gasteiger partial charge in [-0.2, -0.15) is 0 Å². The third-order valence-corrected chi connectivity index (χ3v) is 2.74. The predicted molar refractivity (Wildman–Crippen MR) is 53.4 cm³/mol. The molecule has 0 saturated heterocycles. The van der Waals surface area contributed by atoms with Crippen molar-refractivity contribution in [2.24, 2.45) is 5.73 Å². The van der Waals surface area contributed by atoms with Crippen molar-refractivity contribution in [2.75, 3.05) is 6.61 Å². The van der Waals surface area contributed by atoms with Gasteiger partial charge in [0.2, 0.25) is 0 Å². The van der Waals surface area contributed by atoms with Crippen LogP contribution >= 0.6 is 27.3 Å². The summed E-state index contributed by atoms with van der Waals surface area (Å²) in [5.74, 6) is -0.444. The number of ether oxygens (including phenoxy) is 1. The molecule has 2 N–H and O–H groups in total. The van der Waals surface area contributed by atoms with Gasteiger partial charge in [0.1, 0.15) is 6.04 Å². The van der Waals surface area contributed by atoms with Crippen molar-refractivity contribution in [3.05, 3.63) is 15.0 Å². The Morgan fingerprint density at radius 3 is 3.08 bits per heavy atom. The van der Waals surface area contributed by atoms with E-state index in [9.17, 15) is 4.79 Å². The Balaban J connectivity index is 2.67. The van der Waals surface area contributed by atoms with Crippen molar-refractivity contribution in [3.63, 3.8) is 0 Å². The lowest BCUT2D eigenvalue weighted by Crippen LogP contribution is -2.23. The fraction of sp³-hybridized carbons (Fsp3) is 0.429. The molecule has 0 radical (unpaired) electrons. The lowest BCUT2D eigenvalue weighted by Gasteiger charge is -2.06. The molecule has 1 rings (SSSR count). The number of hydrogen-bond acceptors (Lipinski definition) is 5. The molecular weight excluding hydrogens is 256 g/mol. The molecule has 0 fully saturated rings. The molecule has 13 heavy (non-hydrogen) atoms. The number of rotatable bonds is 3. The molecule has 6 heteroatoms. The van der Waals surface area contributed by atoms with Gasteiger partial charge in [-0.05, 0) is 22.9 Å². The molecule has 72 valence electrons. The zero-order chi connectivity index (χ0) is 9.84. The quantitative estimate of drug-likeness (QED) is 0.840. The molecule has 1 atom stereocenters. The van der Waals surface area contributed by atoms with E-state index in [0.717, 1.165) is 0 Å². The third-order valence-electron chi connectivity index (χ3n) is 1.35. The minimum absolute atomic E-state index is 0.331. The van der Waals surface area contributed by atoms with Gasteiger partial charge in [-0.15, -0.1) is 11.3 Å². The van der Waals surface area contributed by atoms with E-state index < -0.39 is 12.0 Å². The van der Waals surface area contributed by atoms with E-state index in [1.165, 1.54) is 11.3 Å². The molecule has 0 amide bonds. The average molecular weight is 265 g/mol. The number of hydrogen-bond donors (Lipinski definition) is 1. The maximum atomic E-state index is 11.2. The first-order valence-electron chi connectivity index (χ1n) is 3.68. The minimum atomic E-state index is -0.775. The first-order chi connectivity index (χ1) is 6.15. The first kappa shape index (κ1) is 10.6. The topological polar surface area (TPSA) is 65.2 Å². The second-order valence-electron chi connectivity index (χ2n) is 2.26. The standard InChI is InChI=1S/C7H9BrN2O2S/c1-2-12-6(11)5(9)4-3-13-7(8)10-4/h3,5H,2,9H2,1H3/t5-/m0/s1. The largest absolute Gasteiger partial charge is 0.465 e. The molecule has 1 heterocycles. The molecule has 0 spiro atoms. The minimum Gasteiger partial charge on any atom is -0.465 e. The van der Waals surface area contributed by atoms with Crippen molar-refractivity contribution in [1.29, 1.82) is 0 Å². The first-order valence-corrected chi connectivity index (χ1v) is 5.35. The molecule has 0 aliphatic heterocycles. The van der Waals surface area contributed by atoms with E-state index in [-0.39, 0.29) is 0 Å². The summed E-state index contributed by atoms with van der Waals surface area (Å²) < 4.78 is 5.46. The highest BCUT2D eigenvalue weighted by Gasteiger charge is 2.19. The Labute approximate surface area is 88.2 Å². The smallest absolute Gasteiger partial charge is 0.329 e. The summed E-state index contributed by atoms with van der Waals surface area (Å²) in [6, 6.07) is -0.775. The van der Waals surface area contributed by atoms with Gasteiger partial charge in [-0.1, -0.05) is 0 Å². The Kier molecular flexibility index (Phi) is 3.83. The molecular formula is C7H9BrN2O2S. The van der Waals surface area contributed by atoms with Crippen LogP contribution in [0.3, 0.4) is 0 Å². The van der Waals surface area contributed by atoms with Crippen LogP contribution in [0.15, 0.2) is 9.30 Å². The Morgan fingerprint density at radius 2 is 2.62 bits per heavy atom. The maximum Gasteiger partial charge on any atom is 0.329 e. The monoisotopic (exact) mass is 264 g/mol. The third kappa shape index (κ3) is 2.75. The van der Waals surface area contributed by atoms with Gasteiger partial charge >= 0.3 is 5.97 Å². The molecule has 4 nitrogen and oxygen atoms in total. The summed E-state index contributed by atoms with van der Waals surface area (Å²) in [7, 11) is 0. The molecule has 1 aromatic heterocycles. The van der Waals surface area contributed by atoms with Gasteiger partial charge in [-0.3, -0.25) is 0 Å². The number of halogens is 1. The van der Waals surface area contributed by atoms with Crippen LogP contribution in [0.1, 0.15) is 18.7 Å². The summed E-state index contributed by atoms with van der Waals surface area (Å²) in [6.45, 7) is 2.07. The van der Waals surface area contributed by atoms with Crippen molar-refractivity contribution in [1.82, 2.24) is 4.98 Å². The van der Waals surface area contributed by atoms with Crippen molar-refractivity contribution >= 4 is 33.2 Å². The molecule has 1 aromatic rings. The van der Waals surface area contributed by atoms with Crippen LogP contribution in [0.25, 0.3) is 0 Å². The number of nitrogens with two attached hydrogens (primary N) is 1. The highest BCUT2D eigenvalue weighted by atomic mass is 79.9. The van der Waals surface area contributed by atoms with E-state index in [2.05, 4.69) is 20.9 Å². The van der Waals surface area contributed by atoms with Crippen molar-refractivity contribution in [3.8, 4) is 0 Å². The lowest BCUT2D eigenvalue weighted by atomic mass is 10.2. The summed E-state index contributed by atoms with van der Waals surface area (Å²) in [4.78, 5) is 15.2. The van der Waals surface area contributed by atoms with Crippen LogP contribution in [0.2, 0.25) is 0 Å². The van der Waals surface area contributed by atoms with Gasteiger partial charge in [-0.25, -0.2) is 9.78 Å². The second-order valence-corrected chi connectivity index (χ2v) is 4.39. The summed E-state index contributed by atoms with van der Waals surface area (Å²) >= 11 is 4.57. The number of carbonyl (C=O) groups excluding carboxylic acids is 1. The SMILES string of the molecule is CCOC(=O)[C@@H](N)c1csc(Br)n1. The average Bonchev–Trinajstić information content (AvgIpc) is 2.51. The number of aromatic nitrogens is 1. The van der Waals surface area contributed by atoms with E-state index in [0.29, 0.717) is 16.2 Å². The number of carbonyl (C=O) groups is 1. The van der Waals surface area contributed by atoms with E-state index in [4.69, 9.17) is 10.5 Å². The van der Waals surface area contributed by atoms with E-state index >= 15 is 0 Å². The fourth-order valence-electron chi connectivity index (χ4n) is 0.759. The van der Waals surface area contributed by atoms with Crippen molar-refractivity contribution in [2.45, 2.75) is 13.0 Å². The van der Waals surface area contributed by atoms with Gasteiger partial charge in [0.05, 0.1) is 12.3 Å². The summed E-state index contributed by atoms with van der Waals surface area (Å²) in [5, 5.41) is 1.73. The molecule has 0 aromatic carbocycles. The van der Waals surface area contributed by atoms with E-state index in [1.54, 1.807) is 12.3 Å². The molecule has 0 aliphatic rings. The highest BCUT2D eigenvalue weighted by Crippen LogP contribution is 2.20. The van der Waals surface area contributed by atoms with Gasteiger partial charge in [0, 0.05) is 5.38 Å². The van der Waals surface area contributed by atoms with Gasteiger partial charge in [0.15, 0.2) is 3.92 Å². The summed E-state index contributed by atoms with van der Waals surface area (Å²) in [6.07, 6.45) is 0. The Hall–Kier alpha value is -0.460. The van der Waals surface area contributed by atoms with Crippen LogP contribution in [-0.4, -0.2) is 17.6 Å². The van der Waals surface area contributed by atoms with Crippen LogP contribution in [0.5, 0.6) is 0 Å². The number of esters is 1. The number of nitrogens with zero attached hydrogens (tertiary/aromatic N) is 1. The molecule has 0 unspecified atom stereocenters. The summed E-state index contributed by atoms with van der Waals surface area (Å²) in [5.41, 5.74) is 6.12. The lowest BCUT2D eigenvalue weighted by molar-refractivity contribution is -0.144.